The molecule has 0 saturated heterocycles. The lowest BCUT2D eigenvalue weighted by Gasteiger charge is -1.82. The van der Waals surface area contributed by atoms with Crippen LogP contribution >= 0.6 is 27.5 Å². The normalized spacial score (nSPS) is 10.5. The fraction of sp³-hybridized carbons (Fsp3) is 0. The van der Waals surface area contributed by atoms with E-state index in [0.29, 0.717) is 21.6 Å². The number of rotatable bonds is 1. The SMILES string of the molecule is Clc1ccc(-c2noc(Br)n2)o1. The summed E-state index contributed by atoms with van der Waals surface area (Å²) >= 11 is 8.57. The van der Waals surface area contributed by atoms with Gasteiger partial charge in [0.15, 0.2) is 11.0 Å². The highest BCUT2D eigenvalue weighted by Gasteiger charge is 2.09. The Morgan fingerprint density at radius 1 is 1.42 bits per heavy atom. The van der Waals surface area contributed by atoms with Crippen molar-refractivity contribution in [2.75, 3.05) is 0 Å². The summed E-state index contributed by atoms with van der Waals surface area (Å²) < 4.78 is 9.72. The van der Waals surface area contributed by atoms with Crippen LogP contribution in [0, 0.1) is 0 Å². The Labute approximate surface area is 80.6 Å². The van der Waals surface area contributed by atoms with Gasteiger partial charge in [-0.15, -0.1) is 0 Å². The van der Waals surface area contributed by atoms with Crippen molar-refractivity contribution >= 4 is 27.5 Å². The molecule has 0 saturated carbocycles. The van der Waals surface area contributed by atoms with Gasteiger partial charge >= 0.3 is 0 Å². The maximum Gasteiger partial charge on any atom is 0.294 e. The summed E-state index contributed by atoms with van der Waals surface area (Å²) in [7, 11) is 0. The Morgan fingerprint density at radius 2 is 2.25 bits per heavy atom. The minimum Gasteiger partial charge on any atom is -0.441 e. The summed E-state index contributed by atoms with van der Waals surface area (Å²) in [5.74, 6) is 0.850. The standard InChI is InChI=1S/C6H2BrClN2O2/c7-6-9-5(10-12-6)3-1-2-4(8)11-3/h1-2H. The Kier molecular flexibility index (Phi) is 1.90. The highest BCUT2D eigenvalue weighted by molar-refractivity contribution is 9.10. The van der Waals surface area contributed by atoms with Crippen molar-refractivity contribution < 1.29 is 8.94 Å². The zero-order chi connectivity index (χ0) is 8.55. The summed E-state index contributed by atoms with van der Waals surface area (Å²) in [6, 6.07) is 3.28. The van der Waals surface area contributed by atoms with Crippen LogP contribution in [0.3, 0.4) is 0 Å². The first kappa shape index (κ1) is 7.82. The molecule has 0 amide bonds. The second-order valence-electron chi connectivity index (χ2n) is 1.97. The zero-order valence-corrected chi connectivity index (χ0v) is 7.96. The average molecular weight is 249 g/mol. The van der Waals surface area contributed by atoms with E-state index in [4.69, 9.17) is 16.0 Å². The lowest BCUT2D eigenvalue weighted by molar-refractivity contribution is 0.395. The predicted molar refractivity (Wildman–Crippen MR) is 44.7 cm³/mol. The number of hydrogen-bond donors (Lipinski definition) is 0. The molecule has 0 aliphatic heterocycles. The molecule has 0 radical (unpaired) electrons. The van der Waals surface area contributed by atoms with E-state index in [2.05, 4.69) is 30.6 Å². The first-order chi connectivity index (χ1) is 5.75. The summed E-state index contributed by atoms with van der Waals surface area (Å²) in [6.45, 7) is 0. The van der Waals surface area contributed by atoms with Gasteiger partial charge in [0.05, 0.1) is 0 Å². The van der Waals surface area contributed by atoms with Crippen LogP contribution in [0.2, 0.25) is 5.22 Å². The van der Waals surface area contributed by atoms with Crippen molar-refractivity contribution in [2.45, 2.75) is 0 Å². The summed E-state index contributed by atoms with van der Waals surface area (Å²) in [4.78, 5) is 4.19. The van der Waals surface area contributed by atoms with Gasteiger partial charge in [-0.25, -0.2) is 0 Å². The second-order valence-corrected chi connectivity index (χ2v) is 3.03. The largest absolute Gasteiger partial charge is 0.441 e. The minimum absolute atomic E-state index is 0.297. The highest BCUT2D eigenvalue weighted by atomic mass is 79.9. The van der Waals surface area contributed by atoms with Gasteiger partial charge in [0.25, 0.3) is 4.80 Å². The van der Waals surface area contributed by atoms with E-state index >= 15 is 0 Å². The molecule has 0 bridgehead atoms. The van der Waals surface area contributed by atoms with Gasteiger partial charge in [0, 0.05) is 15.9 Å². The van der Waals surface area contributed by atoms with E-state index in [-0.39, 0.29) is 0 Å². The van der Waals surface area contributed by atoms with E-state index in [1.165, 1.54) is 0 Å². The van der Waals surface area contributed by atoms with E-state index in [9.17, 15) is 0 Å². The molecule has 0 atom stereocenters. The molecule has 12 heavy (non-hydrogen) atoms. The molecule has 2 aromatic rings. The number of halogens is 2. The van der Waals surface area contributed by atoms with E-state index < -0.39 is 0 Å². The molecule has 6 heteroatoms. The van der Waals surface area contributed by atoms with E-state index in [1.54, 1.807) is 12.1 Å². The van der Waals surface area contributed by atoms with Crippen molar-refractivity contribution in [1.29, 1.82) is 0 Å². The zero-order valence-electron chi connectivity index (χ0n) is 5.62. The Bertz CT molecular complexity index is 359. The molecule has 0 unspecified atom stereocenters. The topological polar surface area (TPSA) is 52.1 Å². The lowest BCUT2D eigenvalue weighted by Crippen LogP contribution is -1.74. The molecule has 2 heterocycles. The fourth-order valence-electron chi connectivity index (χ4n) is 0.740. The van der Waals surface area contributed by atoms with Gasteiger partial charge in [-0.3, -0.25) is 0 Å². The van der Waals surface area contributed by atoms with Gasteiger partial charge < -0.3 is 8.94 Å². The second kappa shape index (κ2) is 2.91. The molecule has 0 aliphatic carbocycles. The number of furan rings is 1. The van der Waals surface area contributed by atoms with Crippen molar-refractivity contribution in [3.63, 3.8) is 0 Å². The van der Waals surface area contributed by atoms with Gasteiger partial charge in [-0.1, -0.05) is 5.16 Å². The molecule has 4 nitrogen and oxygen atoms in total. The molecular formula is C6H2BrClN2O2. The van der Waals surface area contributed by atoms with Crippen LogP contribution in [0.25, 0.3) is 11.6 Å². The molecule has 0 N–H and O–H groups in total. The molecule has 2 rings (SSSR count). The first-order valence-corrected chi connectivity index (χ1v) is 4.18. The van der Waals surface area contributed by atoms with Crippen LogP contribution in [0.1, 0.15) is 0 Å². The van der Waals surface area contributed by atoms with E-state index in [0.717, 1.165) is 0 Å². The fourth-order valence-corrected chi connectivity index (χ4v) is 1.13. The smallest absolute Gasteiger partial charge is 0.294 e. The first-order valence-electron chi connectivity index (χ1n) is 3.00. The predicted octanol–water partition coefficient (Wildman–Crippen LogP) is 2.75. The molecule has 0 fully saturated rings. The molecule has 62 valence electrons. The van der Waals surface area contributed by atoms with Crippen LogP contribution in [-0.2, 0) is 0 Å². The summed E-state index contributed by atoms with van der Waals surface area (Å²) in [6.07, 6.45) is 0. The number of nitrogens with zero attached hydrogens (tertiary/aromatic N) is 2. The Balaban J connectivity index is 2.43. The van der Waals surface area contributed by atoms with Crippen molar-refractivity contribution in [3.8, 4) is 11.6 Å². The van der Waals surface area contributed by atoms with Gasteiger partial charge in [-0.2, -0.15) is 4.98 Å². The molecule has 0 aliphatic rings. The Hall–Kier alpha value is -0.810. The molecule has 0 aromatic carbocycles. The van der Waals surface area contributed by atoms with Crippen molar-refractivity contribution in [1.82, 2.24) is 10.1 Å². The van der Waals surface area contributed by atoms with Crippen LogP contribution in [0.15, 0.2) is 25.9 Å². The summed E-state index contributed by atoms with van der Waals surface area (Å²) in [5, 5.41) is 3.91. The average Bonchev–Trinajstić information content (AvgIpc) is 2.58. The molecular weight excluding hydrogens is 247 g/mol. The maximum absolute atomic E-state index is 5.55. The number of aromatic nitrogens is 2. The third-order valence-electron chi connectivity index (χ3n) is 1.19. The van der Waals surface area contributed by atoms with E-state index in [1.807, 2.05) is 0 Å². The van der Waals surface area contributed by atoms with Crippen LogP contribution in [0.4, 0.5) is 0 Å². The lowest BCUT2D eigenvalue weighted by atomic mass is 10.4. The number of hydrogen-bond acceptors (Lipinski definition) is 4. The van der Waals surface area contributed by atoms with Crippen LogP contribution in [0.5, 0.6) is 0 Å². The molecule has 0 spiro atoms. The van der Waals surface area contributed by atoms with Gasteiger partial charge in [-0.05, 0) is 23.7 Å². The van der Waals surface area contributed by atoms with Crippen molar-refractivity contribution in [2.24, 2.45) is 0 Å². The maximum atomic E-state index is 5.55. The third-order valence-corrected chi connectivity index (χ3v) is 1.72. The summed E-state index contributed by atoms with van der Waals surface area (Å²) in [5.41, 5.74) is 0. The minimum atomic E-state index is 0.297. The Morgan fingerprint density at radius 3 is 2.75 bits per heavy atom. The molecule has 2 aromatic heterocycles. The quantitative estimate of drug-likeness (QED) is 0.780. The van der Waals surface area contributed by atoms with Crippen LogP contribution < -0.4 is 0 Å². The van der Waals surface area contributed by atoms with Crippen molar-refractivity contribution in [3.05, 3.63) is 22.2 Å². The van der Waals surface area contributed by atoms with Crippen LogP contribution in [-0.4, -0.2) is 10.1 Å². The highest BCUT2D eigenvalue weighted by Crippen LogP contribution is 2.22. The third kappa shape index (κ3) is 1.37. The van der Waals surface area contributed by atoms with Gasteiger partial charge in [0.1, 0.15) is 0 Å². The monoisotopic (exact) mass is 248 g/mol. The van der Waals surface area contributed by atoms with Gasteiger partial charge in [0.2, 0.25) is 5.82 Å².